The molecule has 0 radical (unpaired) electrons. The molecule has 8 nitrogen and oxygen atoms in total. The highest BCUT2D eigenvalue weighted by Crippen LogP contribution is 2.24. The van der Waals surface area contributed by atoms with Gasteiger partial charge in [0.15, 0.2) is 0 Å². The van der Waals surface area contributed by atoms with E-state index < -0.39 is 5.60 Å². The second kappa shape index (κ2) is 10.7. The molecule has 1 aromatic rings. The molecule has 2 aliphatic rings. The van der Waals surface area contributed by atoms with E-state index in [9.17, 15) is 9.59 Å². The number of nitrogens with zero attached hydrogens (tertiary/aromatic N) is 2. The number of carbonyl (C=O) groups is 2. The predicted molar refractivity (Wildman–Crippen MR) is 120 cm³/mol. The second-order valence-electron chi connectivity index (χ2n) is 9.33. The second-order valence-corrected chi connectivity index (χ2v) is 9.33. The largest absolute Gasteiger partial charge is 0.493 e. The summed E-state index contributed by atoms with van der Waals surface area (Å²) in [4.78, 5) is 30.7. The van der Waals surface area contributed by atoms with Gasteiger partial charge in [-0.15, -0.1) is 0 Å². The quantitative estimate of drug-likeness (QED) is 0.585. The minimum atomic E-state index is -0.469. The van der Waals surface area contributed by atoms with E-state index in [1.807, 2.05) is 45.0 Å². The number of carbonyl (C=O) groups excluding carboxylic acids is 2. The van der Waals surface area contributed by atoms with Crippen molar-refractivity contribution in [1.82, 2.24) is 4.90 Å². The molecule has 176 valence electrons. The number of methoxy groups -OCH3 is 1. The minimum absolute atomic E-state index is 0.0911. The zero-order chi connectivity index (χ0) is 23.1. The van der Waals surface area contributed by atoms with Crippen LogP contribution in [0.15, 0.2) is 29.4 Å². The number of rotatable bonds is 7. The summed E-state index contributed by atoms with van der Waals surface area (Å²) < 4.78 is 16.1. The van der Waals surface area contributed by atoms with Crippen LogP contribution in [-0.4, -0.2) is 61.2 Å². The third kappa shape index (κ3) is 7.14. The van der Waals surface area contributed by atoms with Gasteiger partial charge in [0, 0.05) is 25.9 Å². The Balaban J connectivity index is 1.39. The maximum Gasteiger partial charge on any atom is 0.410 e. The molecule has 1 saturated heterocycles. The topological polar surface area (TPSA) is 86.7 Å². The van der Waals surface area contributed by atoms with Gasteiger partial charge in [0.1, 0.15) is 17.5 Å². The molecule has 2 aliphatic heterocycles. The van der Waals surface area contributed by atoms with Crippen molar-refractivity contribution >= 4 is 17.8 Å². The fourth-order valence-corrected chi connectivity index (χ4v) is 3.70. The van der Waals surface area contributed by atoms with Gasteiger partial charge in [-0.05, 0) is 75.8 Å². The van der Waals surface area contributed by atoms with E-state index in [4.69, 9.17) is 14.3 Å². The van der Waals surface area contributed by atoms with Gasteiger partial charge in [-0.3, -0.25) is 4.79 Å². The summed E-state index contributed by atoms with van der Waals surface area (Å²) in [5.74, 6) is 0.987. The molecule has 1 unspecified atom stereocenters. The molecular weight excluding hydrogens is 412 g/mol. The first kappa shape index (κ1) is 23.9. The fourth-order valence-electron chi connectivity index (χ4n) is 3.70. The number of likely N-dealkylation sites (tertiary alicyclic amines) is 1. The Morgan fingerprint density at radius 1 is 1.16 bits per heavy atom. The summed E-state index contributed by atoms with van der Waals surface area (Å²) in [5, 5.41) is 4.16. The smallest absolute Gasteiger partial charge is 0.410 e. The van der Waals surface area contributed by atoms with Crippen LogP contribution in [0.25, 0.3) is 0 Å². The first-order valence-corrected chi connectivity index (χ1v) is 11.2. The van der Waals surface area contributed by atoms with E-state index in [1.54, 1.807) is 4.90 Å². The van der Waals surface area contributed by atoms with Crippen molar-refractivity contribution in [3.63, 3.8) is 0 Å². The third-order valence-electron chi connectivity index (χ3n) is 5.57. The van der Waals surface area contributed by atoms with Gasteiger partial charge >= 0.3 is 12.1 Å². The highest BCUT2D eigenvalue weighted by atomic mass is 16.6. The molecule has 3 rings (SSSR count). The SMILES string of the molecule is COC(=O)CCC1CC(c2ccc(OCC3CCN(C(=O)OC(C)(C)C)CC3)cc2)=NO1. The molecule has 0 aliphatic carbocycles. The first-order valence-electron chi connectivity index (χ1n) is 11.2. The van der Waals surface area contributed by atoms with E-state index >= 15 is 0 Å². The molecule has 1 atom stereocenters. The molecule has 2 heterocycles. The maximum absolute atomic E-state index is 12.2. The average Bonchev–Trinajstić information content (AvgIpc) is 3.24. The number of amides is 1. The molecule has 1 fully saturated rings. The molecule has 1 amide bonds. The molecular formula is C24H34N2O6. The number of hydrogen-bond donors (Lipinski definition) is 0. The summed E-state index contributed by atoms with van der Waals surface area (Å²) in [5.41, 5.74) is 1.40. The lowest BCUT2D eigenvalue weighted by molar-refractivity contribution is -0.141. The third-order valence-corrected chi connectivity index (χ3v) is 5.57. The summed E-state index contributed by atoms with van der Waals surface area (Å²) in [6.07, 6.45) is 3.07. The number of benzene rings is 1. The van der Waals surface area contributed by atoms with Crippen LogP contribution in [0, 0.1) is 5.92 Å². The van der Waals surface area contributed by atoms with Crippen LogP contribution in [-0.2, 0) is 19.1 Å². The predicted octanol–water partition coefficient (Wildman–Crippen LogP) is 4.16. The Morgan fingerprint density at radius 2 is 1.84 bits per heavy atom. The number of esters is 1. The van der Waals surface area contributed by atoms with Crippen LogP contribution in [0.1, 0.15) is 58.4 Å². The van der Waals surface area contributed by atoms with Gasteiger partial charge in [-0.1, -0.05) is 5.16 Å². The molecule has 0 spiro atoms. The number of ether oxygens (including phenoxy) is 3. The van der Waals surface area contributed by atoms with Crippen molar-refractivity contribution < 1.29 is 28.6 Å². The van der Waals surface area contributed by atoms with Crippen LogP contribution in [0.4, 0.5) is 4.79 Å². The van der Waals surface area contributed by atoms with Gasteiger partial charge in [0.25, 0.3) is 0 Å². The standard InChI is InChI=1S/C24H34N2O6/c1-24(2,3)31-23(28)26-13-11-17(12-14-26)16-30-19-7-5-18(6-8-19)21-15-20(32-25-21)9-10-22(27)29-4/h5-8,17,20H,9-16H2,1-4H3. The van der Waals surface area contributed by atoms with Crippen LogP contribution >= 0.6 is 0 Å². The summed E-state index contributed by atoms with van der Waals surface area (Å²) >= 11 is 0. The zero-order valence-corrected chi connectivity index (χ0v) is 19.5. The minimum Gasteiger partial charge on any atom is -0.493 e. The molecule has 0 bridgehead atoms. The monoisotopic (exact) mass is 446 g/mol. The van der Waals surface area contributed by atoms with Gasteiger partial charge in [0.05, 0.1) is 19.4 Å². The lowest BCUT2D eigenvalue weighted by Gasteiger charge is -2.33. The van der Waals surface area contributed by atoms with Crippen LogP contribution in [0.5, 0.6) is 5.75 Å². The Kier molecular flexibility index (Phi) is 7.99. The van der Waals surface area contributed by atoms with Gasteiger partial charge in [0.2, 0.25) is 0 Å². The van der Waals surface area contributed by atoms with Crippen LogP contribution < -0.4 is 4.74 Å². The first-order chi connectivity index (χ1) is 15.2. The summed E-state index contributed by atoms with van der Waals surface area (Å²) in [7, 11) is 1.39. The lowest BCUT2D eigenvalue weighted by Crippen LogP contribution is -2.42. The van der Waals surface area contributed by atoms with Gasteiger partial charge in [-0.2, -0.15) is 0 Å². The highest BCUT2D eigenvalue weighted by Gasteiger charge is 2.27. The Morgan fingerprint density at radius 3 is 2.47 bits per heavy atom. The Bertz CT molecular complexity index is 807. The van der Waals surface area contributed by atoms with Gasteiger partial charge in [-0.25, -0.2) is 4.79 Å². The molecule has 1 aromatic carbocycles. The van der Waals surface area contributed by atoms with E-state index in [1.165, 1.54) is 7.11 Å². The maximum atomic E-state index is 12.2. The number of oxime groups is 1. The fraction of sp³-hybridized carbons (Fsp3) is 0.625. The van der Waals surface area contributed by atoms with E-state index in [-0.39, 0.29) is 18.2 Å². The highest BCUT2D eigenvalue weighted by molar-refractivity contribution is 6.01. The Hall–Kier alpha value is -2.77. The van der Waals surface area contributed by atoms with Gasteiger partial charge < -0.3 is 23.9 Å². The van der Waals surface area contributed by atoms with Crippen molar-refractivity contribution in [1.29, 1.82) is 0 Å². The summed E-state index contributed by atoms with van der Waals surface area (Å²) in [6, 6.07) is 7.83. The average molecular weight is 447 g/mol. The molecule has 0 aromatic heterocycles. The van der Waals surface area contributed by atoms with Crippen molar-refractivity contribution in [2.75, 3.05) is 26.8 Å². The van der Waals surface area contributed by atoms with Crippen molar-refractivity contribution in [3.05, 3.63) is 29.8 Å². The van der Waals surface area contributed by atoms with Crippen molar-refractivity contribution in [2.45, 2.75) is 64.6 Å². The van der Waals surface area contributed by atoms with Crippen LogP contribution in [0.2, 0.25) is 0 Å². The molecule has 32 heavy (non-hydrogen) atoms. The van der Waals surface area contributed by atoms with Crippen LogP contribution in [0.3, 0.4) is 0 Å². The summed E-state index contributed by atoms with van der Waals surface area (Å²) in [6.45, 7) is 7.66. The molecule has 0 saturated carbocycles. The molecule has 8 heteroatoms. The number of hydrogen-bond acceptors (Lipinski definition) is 7. The lowest BCUT2D eigenvalue weighted by atomic mass is 9.98. The Labute approximate surface area is 189 Å². The van der Waals surface area contributed by atoms with E-state index in [2.05, 4.69) is 9.89 Å². The van der Waals surface area contributed by atoms with Crippen molar-refractivity contribution in [3.8, 4) is 5.75 Å². The zero-order valence-electron chi connectivity index (χ0n) is 19.5. The molecule has 0 N–H and O–H groups in total. The number of piperidine rings is 1. The van der Waals surface area contributed by atoms with E-state index in [0.717, 1.165) is 29.9 Å². The normalized spacial score (nSPS) is 19.2. The van der Waals surface area contributed by atoms with E-state index in [0.29, 0.717) is 44.9 Å². The van der Waals surface area contributed by atoms with Crippen molar-refractivity contribution in [2.24, 2.45) is 11.1 Å².